The Morgan fingerprint density at radius 2 is 2.12 bits per heavy atom. The number of hydrogen-bond donors (Lipinski definition) is 2. The first-order valence-corrected chi connectivity index (χ1v) is 12.9. The molecule has 10 heteroatoms. The molecule has 0 bridgehead atoms. The summed E-state index contributed by atoms with van der Waals surface area (Å²) in [6, 6.07) is 1.20. The Morgan fingerprint density at radius 3 is 2.73 bits per heavy atom. The van der Waals surface area contributed by atoms with Crippen LogP contribution in [0.25, 0.3) is 11.2 Å². The van der Waals surface area contributed by atoms with E-state index in [1.54, 1.807) is 6.92 Å². The summed E-state index contributed by atoms with van der Waals surface area (Å²) in [6.45, 7) is 9.38. The van der Waals surface area contributed by atoms with Gasteiger partial charge in [-0.2, -0.15) is 9.97 Å². The molecule has 0 amide bonds. The van der Waals surface area contributed by atoms with Crippen LogP contribution in [0.1, 0.15) is 19.6 Å². The molecule has 3 rings (SSSR count). The van der Waals surface area contributed by atoms with Crippen molar-refractivity contribution in [2.75, 3.05) is 11.9 Å². The van der Waals surface area contributed by atoms with E-state index in [4.69, 9.17) is 16.3 Å². The molecule has 1 aliphatic rings. The number of aliphatic hydroxyl groups is 1. The van der Waals surface area contributed by atoms with Crippen LogP contribution >= 0.6 is 11.6 Å². The van der Waals surface area contributed by atoms with Gasteiger partial charge < -0.3 is 15.2 Å². The van der Waals surface area contributed by atoms with Crippen LogP contribution in [0.3, 0.4) is 0 Å². The first-order valence-electron chi connectivity index (χ1n) is 8.79. The van der Waals surface area contributed by atoms with Crippen LogP contribution in [-0.2, 0) is 4.74 Å². The molecule has 0 aromatic carbocycles. The maximum atomic E-state index is 14.4. The van der Waals surface area contributed by atoms with Crippen LogP contribution in [0.4, 0.5) is 10.2 Å². The minimum absolute atomic E-state index is 0.0500. The number of nitrogens with one attached hydrogen (secondary N) is 1. The molecule has 2 aromatic heterocycles. The van der Waals surface area contributed by atoms with Crippen molar-refractivity contribution < 1.29 is 14.2 Å². The van der Waals surface area contributed by atoms with Crippen LogP contribution in [-0.4, -0.2) is 57.6 Å². The molecular weight excluding hydrogens is 377 g/mol. The molecule has 0 spiro atoms. The monoisotopic (exact) mass is 401 g/mol. The zero-order valence-electron chi connectivity index (χ0n) is 15.4. The second-order valence-electron chi connectivity index (χ2n) is 7.92. The standard InChI is InChI=1S/C16H25ClFN5O2Si/c1-9-12(24)10(18)15(25-9)23-8-20-11-13(21-16(17)22-14(11)23)19-6-5-7-26(2,3)4/h8-10,12,15,24H,5-7H2,1-4H3,(H,19,21,22)/t9-,10-,12-,15-/m1/s1. The molecule has 4 atom stereocenters. The van der Waals surface area contributed by atoms with Crippen molar-refractivity contribution in [1.29, 1.82) is 0 Å². The van der Waals surface area contributed by atoms with Gasteiger partial charge in [0.05, 0.1) is 12.4 Å². The first kappa shape index (κ1) is 19.5. The van der Waals surface area contributed by atoms with Gasteiger partial charge in [0.1, 0.15) is 6.10 Å². The molecule has 3 heterocycles. The Hall–Kier alpha value is -1.29. The van der Waals surface area contributed by atoms with Crippen LogP contribution in [0.15, 0.2) is 6.33 Å². The maximum Gasteiger partial charge on any atom is 0.226 e. The number of nitrogens with zero attached hydrogens (tertiary/aromatic N) is 4. The van der Waals surface area contributed by atoms with E-state index in [-0.39, 0.29) is 5.28 Å². The number of fused-ring (bicyclic) bond motifs is 1. The van der Waals surface area contributed by atoms with Crippen molar-refractivity contribution in [2.45, 2.75) is 63.6 Å². The highest BCUT2D eigenvalue weighted by Crippen LogP contribution is 2.34. The van der Waals surface area contributed by atoms with Crippen molar-refractivity contribution in [2.24, 2.45) is 0 Å². The highest BCUT2D eigenvalue weighted by Gasteiger charge is 2.43. The fourth-order valence-corrected chi connectivity index (χ4v) is 4.45. The van der Waals surface area contributed by atoms with Gasteiger partial charge >= 0.3 is 0 Å². The van der Waals surface area contributed by atoms with Crippen molar-refractivity contribution in [3.8, 4) is 0 Å². The van der Waals surface area contributed by atoms with Crippen LogP contribution in [0.5, 0.6) is 0 Å². The van der Waals surface area contributed by atoms with Crippen LogP contribution < -0.4 is 5.32 Å². The van der Waals surface area contributed by atoms with Gasteiger partial charge in [-0.1, -0.05) is 25.7 Å². The largest absolute Gasteiger partial charge is 0.387 e. The third-order valence-corrected chi connectivity index (χ3v) is 6.52. The van der Waals surface area contributed by atoms with Crippen molar-refractivity contribution >= 4 is 36.7 Å². The number of hydrogen-bond acceptors (Lipinski definition) is 6. The molecule has 7 nitrogen and oxygen atoms in total. The lowest BCUT2D eigenvalue weighted by atomic mass is 10.2. The van der Waals surface area contributed by atoms with Gasteiger partial charge in [0.25, 0.3) is 0 Å². The Balaban J connectivity index is 1.83. The van der Waals surface area contributed by atoms with Gasteiger partial charge in [-0.3, -0.25) is 4.57 Å². The lowest BCUT2D eigenvalue weighted by Gasteiger charge is -2.16. The number of anilines is 1. The van der Waals surface area contributed by atoms with E-state index in [1.165, 1.54) is 16.9 Å². The highest BCUT2D eigenvalue weighted by atomic mass is 35.5. The average Bonchev–Trinajstić information content (AvgIpc) is 3.07. The molecule has 0 unspecified atom stereocenters. The molecule has 2 aromatic rings. The predicted octanol–water partition coefficient (Wildman–Crippen LogP) is 3.24. The Kier molecular flexibility index (Phi) is 5.52. The van der Waals surface area contributed by atoms with Gasteiger partial charge in [0.15, 0.2) is 29.4 Å². The number of aliphatic hydroxyl groups excluding tert-OH is 1. The third-order valence-electron chi connectivity index (χ3n) is 4.50. The number of aromatic nitrogens is 4. The Bertz CT molecular complexity index is 784. The SMILES string of the molecule is C[C@H]1O[C@@H](n2cnc3c(NCCC[Si](C)(C)C)nc(Cl)nc32)[C@H](F)[C@@H]1O. The number of imidazole rings is 1. The van der Waals surface area contributed by atoms with Crippen molar-refractivity contribution in [1.82, 2.24) is 19.5 Å². The van der Waals surface area contributed by atoms with E-state index in [2.05, 4.69) is 39.9 Å². The molecule has 0 aliphatic carbocycles. The second-order valence-corrected chi connectivity index (χ2v) is 13.9. The summed E-state index contributed by atoms with van der Waals surface area (Å²) in [5, 5.41) is 13.1. The molecule has 26 heavy (non-hydrogen) atoms. The third kappa shape index (κ3) is 4.00. The van der Waals surface area contributed by atoms with Gasteiger partial charge in [-0.15, -0.1) is 0 Å². The molecule has 2 N–H and O–H groups in total. The summed E-state index contributed by atoms with van der Waals surface area (Å²) < 4.78 is 21.4. The maximum absolute atomic E-state index is 14.4. The van der Waals surface area contributed by atoms with Crippen molar-refractivity contribution in [3.63, 3.8) is 0 Å². The second kappa shape index (κ2) is 7.38. The quantitative estimate of drug-likeness (QED) is 0.439. The van der Waals surface area contributed by atoms with Gasteiger partial charge in [0.2, 0.25) is 5.28 Å². The molecule has 1 aliphatic heterocycles. The van der Waals surface area contributed by atoms with E-state index in [0.29, 0.717) is 17.0 Å². The summed E-state index contributed by atoms with van der Waals surface area (Å²) in [7, 11) is -1.09. The lowest BCUT2D eigenvalue weighted by Crippen LogP contribution is -2.26. The van der Waals surface area contributed by atoms with Gasteiger partial charge in [-0.05, 0) is 24.9 Å². The fourth-order valence-electron chi connectivity index (χ4n) is 3.05. The summed E-state index contributed by atoms with van der Waals surface area (Å²) >= 11 is 6.06. The zero-order valence-corrected chi connectivity index (χ0v) is 17.2. The van der Waals surface area contributed by atoms with Crippen LogP contribution in [0.2, 0.25) is 31.0 Å². The predicted molar refractivity (Wildman–Crippen MR) is 102 cm³/mol. The smallest absolute Gasteiger partial charge is 0.226 e. The van der Waals surface area contributed by atoms with Crippen molar-refractivity contribution in [3.05, 3.63) is 11.6 Å². The minimum Gasteiger partial charge on any atom is -0.387 e. The fraction of sp³-hybridized carbons (Fsp3) is 0.688. The molecule has 1 saturated heterocycles. The number of rotatable bonds is 6. The average molecular weight is 402 g/mol. The number of ether oxygens (including phenoxy) is 1. The van der Waals surface area contributed by atoms with E-state index < -0.39 is 32.7 Å². The van der Waals surface area contributed by atoms with E-state index in [9.17, 15) is 9.50 Å². The first-order chi connectivity index (χ1) is 12.2. The Labute approximate surface area is 158 Å². The van der Waals surface area contributed by atoms with Crippen LogP contribution in [0, 0.1) is 0 Å². The lowest BCUT2D eigenvalue weighted by molar-refractivity contribution is -0.0137. The molecule has 144 valence electrons. The summed E-state index contributed by atoms with van der Waals surface area (Å²) in [5.41, 5.74) is 0.888. The summed E-state index contributed by atoms with van der Waals surface area (Å²) in [4.78, 5) is 12.7. The summed E-state index contributed by atoms with van der Waals surface area (Å²) in [5.74, 6) is 0.524. The number of alkyl halides is 1. The minimum atomic E-state index is -1.57. The zero-order chi connectivity index (χ0) is 19.1. The van der Waals surface area contributed by atoms with Gasteiger partial charge in [0, 0.05) is 14.6 Å². The molecule has 0 radical (unpaired) electrons. The Morgan fingerprint density at radius 1 is 1.38 bits per heavy atom. The topological polar surface area (TPSA) is 85.1 Å². The van der Waals surface area contributed by atoms with Gasteiger partial charge in [-0.25, -0.2) is 9.37 Å². The molecule has 0 saturated carbocycles. The molecule has 1 fully saturated rings. The van der Waals surface area contributed by atoms with E-state index in [0.717, 1.165) is 13.0 Å². The number of halogens is 2. The van der Waals surface area contributed by atoms with E-state index in [1.807, 2.05) is 0 Å². The van der Waals surface area contributed by atoms with E-state index >= 15 is 0 Å². The normalized spacial score (nSPS) is 26.6. The molecular formula is C16H25ClFN5O2Si. The summed E-state index contributed by atoms with van der Waals surface area (Å²) in [6.07, 6.45) is -1.87. The highest BCUT2D eigenvalue weighted by molar-refractivity contribution is 6.76.